The Kier molecular flexibility index (Phi) is 4.23. The van der Waals surface area contributed by atoms with Crippen LogP contribution in [0.5, 0.6) is 0 Å². The molecule has 1 nitrogen and oxygen atoms in total. The number of hydrogen-bond acceptors (Lipinski definition) is 1. The molecule has 0 amide bonds. The SMILES string of the molecule is C=C(CC)N=CCC. The Morgan fingerprint density at radius 3 is 2.62 bits per heavy atom. The molecule has 0 N–H and O–H groups in total. The van der Waals surface area contributed by atoms with Crippen LogP contribution in [0.2, 0.25) is 0 Å². The summed E-state index contributed by atoms with van der Waals surface area (Å²) in [6.45, 7) is 7.83. The minimum Gasteiger partial charge on any atom is -0.266 e. The summed E-state index contributed by atoms with van der Waals surface area (Å²) in [5.41, 5.74) is 0.965. The molecule has 0 radical (unpaired) electrons. The van der Waals surface area contributed by atoms with Crippen molar-refractivity contribution in [3.05, 3.63) is 12.3 Å². The maximum absolute atomic E-state index is 4.04. The second-order valence-electron chi connectivity index (χ2n) is 1.64. The van der Waals surface area contributed by atoms with Crippen LogP contribution in [0.4, 0.5) is 0 Å². The molecule has 0 fully saturated rings. The van der Waals surface area contributed by atoms with Crippen LogP contribution in [0.1, 0.15) is 26.7 Å². The second-order valence-corrected chi connectivity index (χ2v) is 1.64. The molecule has 0 aliphatic heterocycles. The third-order valence-electron chi connectivity index (χ3n) is 0.865. The highest BCUT2D eigenvalue weighted by Gasteiger charge is 1.77. The summed E-state index contributed by atoms with van der Waals surface area (Å²) in [5.74, 6) is 0. The molecule has 0 saturated heterocycles. The van der Waals surface area contributed by atoms with Crippen molar-refractivity contribution < 1.29 is 0 Å². The van der Waals surface area contributed by atoms with Crippen molar-refractivity contribution in [2.75, 3.05) is 0 Å². The maximum Gasteiger partial charge on any atom is 0.0325 e. The summed E-state index contributed by atoms with van der Waals surface area (Å²) >= 11 is 0. The summed E-state index contributed by atoms with van der Waals surface area (Å²) in [5, 5.41) is 0. The number of aliphatic imine (C=N–C) groups is 1. The van der Waals surface area contributed by atoms with Crippen molar-refractivity contribution in [3.8, 4) is 0 Å². The highest BCUT2D eigenvalue weighted by atomic mass is 14.7. The Bertz CT molecular complexity index is 92.6. The third-order valence-corrected chi connectivity index (χ3v) is 0.865. The Balaban J connectivity index is 3.37. The van der Waals surface area contributed by atoms with Gasteiger partial charge in [0.1, 0.15) is 0 Å². The summed E-state index contributed by atoms with van der Waals surface area (Å²) < 4.78 is 0. The van der Waals surface area contributed by atoms with E-state index in [2.05, 4.69) is 25.4 Å². The van der Waals surface area contributed by atoms with Gasteiger partial charge >= 0.3 is 0 Å². The molecular weight excluding hydrogens is 98.1 g/mol. The predicted molar refractivity (Wildman–Crippen MR) is 38.2 cm³/mol. The van der Waals surface area contributed by atoms with Crippen LogP contribution in [-0.2, 0) is 0 Å². The van der Waals surface area contributed by atoms with Gasteiger partial charge in [0.05, 0.1) is 0 Å². The van der Waals surface area contributed by atoms with Gasteiger partial charge in [-0.1, -0.05) is 20.4 Å². The molecule has 0 aromatic carbocycles. The first-order chi connectivity index (χ1) is 3.81. The zero-order valence-electron chi connectivity index (χ0n) is 5.65. The van der Waals surface area contributed by atoms with Crippen molar-refractivity contribution in [2.24, 2.45) is 4.99 Å². The van der Waals surface area contributed by atoms with Gasteiger partial charge < -0.3 is 0 Å². The molecule has 46 valence electrons. The molecule has 0 spiro atoms. The van der Waals surface area contributed by atoms with Crippen LogP contribution in [0.3, 0.4) is 0 Å². The summed E-state index contributed by atoms with van der Waals surface area (Å²) in [6.07, 6.45) is 3.83. The molecule has 0 aromatic rings. The minimum atomic E-state index is 0.955. The lowest BCUT2D eigenvalue weighted by Crippen LogP contribution is -1.72. The molecule has 0 aliphatic carbocycles. The first kappa shape index (κ1) is 7.41. The number of rotatable bonds is 3. The second kappa shape index (κ2) is 4.57. The highest BCUT2D eigenvalue weighted by molar-refractivity contribution is 5.58. The van der Waals surface area contributed by atoms with Gasteiger partial charge in [0.2, 0.25) is 0 Å². The average Bonchev–Trinajstić information content (AvgIpc) is 1.83. The highest BCUT2D eigenvalue weighted by Crippen LogP contribution is 1.95. The molecule has 0 aliphatic rings. The maximum atomic E-state index is 4.04. The van der Waals surface area contributed by atoms with Crippen molar-refractivity contribution in [1.82, 2.24) is 0 Å². The Morgan fingerprint density at radius 1 is 1.62 bits per heavy atom. The van der Waals surface area contributed by atoms with Crippen LogP contribution in [0, 0.1) is 0 Å². The molecule has 0 rings (SSSR count). The van der Waals surface area contributed by atoms with E-state index >= 15 is 0 Å². The van der Waals surface area contributed by atoms with E-state index in [4.69, 9.17) is 0 Å². The van der Waals surface area contributed by atoms with Crippen LogP contribution in [0.25, 0.3) is 0 Å². The molecule has 0 bridgehead atoms. The smallest absolute Gasteiger partial charge is 0.0325 e. The van der Waals surface area contributed by atoms with Gasteiger partial charge in [-0.2, -0.15) is 0 Å². The fourth-order valence-electron chi connectivity index (χ4n) is 0.312. The molecular formula is C7H13N. The molecule has 0 aromatic heterocycles. The fraction of sp³-hybridized carbons (Fsp3) is 0.571. The van der Waals surface area contributed by atoms with Gasteiger partial charge in [-0.05, 0) is 12.8 Å². The summed E-state index contributed by atoms with van der Waals surface area (Å²) in [7, 11) is 0. The monoisotopic (exact) mass is 111 g/mol. The topological polar surface area (TPSA) is 12.4 Å². The van der Waals surface area contributed by atoms with E-state index in [1.54, 1.807) is 0 Å². The largest absolute Gasteiger partial charge is 0.266 e. The van der Waals surface area contributed by atoms with Crippen molar-refractivity contribution in [1.29, 1.82) is 0 Å². The first-order valence-electron chi connectivity index (χ1n) is 3.01. The lowest BCUT2D eigenvalue weighted by molar-refractivity contribution is 1.07. The quantitative estimate of drug-likeness (QED) is 0.496. The van der Waals surface area contributed by atoms with Crippen LogP contribution in [-0.4, -0.2) is 6.21 Å². The average molecular weight is 111 g/mol. The Hall–Kier alpha value is -0.590. The molecule has 0 atom stereocenters. The van der Waals surface area contributed by atoms with E-state index in [-0.39, 0.29) is 0 Å². The van der Waals surface area contributed by atoms with Gasteiger partial charge in [-0.25, -0.2) is 0 Å². The fourth-order valence-corrected chi connectivity index (χ4v) is 0.312. The summed E-state index contributed by atoms with van der Waals surface area (Å²) in [6, 6.07) is 0. The third kappa shape index (κ3) is 3.59. The molecule has 0 saturated carbocycles. The van der Waals surface area contributed by atoms with Gasteiger partial charge in [-0.15, -0.1) is 0 Å². The van der Waals surface area contributed by atoms with E-state index in [1.165, 1.54) is 0 Å². The van der Waals surface area contributed by atoms with E-state index in [9.17, 15) is 0 Å². The van der Waals surface area contributed by atoms with Gasteiger partial charge in [-0.3, -0.25) is 4.99 Å². The zero-order chi connectivity index (χ0) is 6.41. The van der Waals surface area contributed by atoms with Crippen molar-refractivity contribution in [3.63, 3.8) is 0 Å². The van der Waals surface area contributed by atoms with Gasteiger partial charge in [0, 0.05) is 11.9 Å². The van der Waals surface area contributed by atoms with Crippen molar-refractivity contribution >= 4 is 6.21 Å². The first-order valence-corrected chi connectivity index (χ1v) is 3.01. The van der Waals surface area contributed by atoms with Crippen LogP contribution < -0.4 is 0 Å². The normalized spacial score (nSPS) is 10.2. The number of allylic oxidation sites excluding steroid dienone is 1. The Morgan fingerprint density at radius 2 is 2.25 bits per heavy atom. The van der Waals surface area contributed by atoms with E-state index in [1.807, 2.05) is 6.21 Å². The standard InChI is InChI=1S/C7H13N/c1-4-6-8-7(3)5-2/h6H,3-5H2,1-2H3. The van der Waals surface area contributed by atoms with Crippen molar-refractivity contribution in [2.45, 2.75) is 26.7 Å². The molecule has 0 heterocycles. The van der Waals surface area contributed by atoms with Crippen LogP contribution in [0.15, 0.2) is 17.3 Å². The predicted octanol–water partition coefficient (Wildman–Crippen LogP) is 2.39. The molecule has 8 heavy (non-hydrogen) atoms. The lowest BCUT2D eigenvalue weighted by atomic mass is 10.4. The Labute approximate surface area is 51.1 Å². The zero-order valence-corrected chi connectivity index (χ0v) is 5.65. The molecule has 0 unspecified atom stereocenters. The number of hydrogen-bond donors (Lipinski definition) is 0. The van der Waals surface area contributed by atoms with Gasteiger partial charge in [0.15, 0.2) is 0 Å². The number of nitrogens with zero attached hydrogens (tertiary/aromatic N) is 1. The van der Waals surface area contributed by atoms with E-state index < -0.39 is 0 Å². The van der Waals surface area contributed by atoms with Gasteiger partial charge in [0.25, 0.3) is 0 Å². The minimum absolute atomic E-state index is 0.955. The summed E-state index contributed by atoms with van der Waals surface area (Å²) in [4.78, 5) is 4.04. The van der Waals surface area contributed by atoms with Crippen LogP contribution >= 0.6 is 0 Å². The molecule has 1 heteroatoms. The van der Waals surface area contributed by atoms with E-state index in [0.29, 0.717) is 0 Å². The lowest BCUT2D eigenvalue weighted by Gasteiger charge is -1.87. The van der Waals surface area contributed by atoms with E-state index in [0.717, 1.165) is 18.5 Å².